The minimum Gasteiger partial charge on any atom is -0.462 e. The molecule has 0 aliphatic rings. The van der Waals surface area contributed by atoms with Gasteiger partial charge in [0.25, 0.3) is 0 Å². The van der Waals surface area contributed by atoms with E-state index in [-0.39, 0.29) is 25.4 Å². The van der Waals surface area contributed by atoms with Gasteiger partial charge in [-0.2, -0.15) is 0 Å². The minimum absolute atomic E-state index is 0.00880. The molecule has 0 aromatic heterocycles. The molecule has 0 radical (unpaired) electrons. The van der Waals surface area contributed by atoms with Crippen LogP contribution in [0, 0.1) is 0 Å². The first-order valence-corrected chi connectivity index (χ1v) is 17.5. The fourth-order valence-corrected chi connectivity index (χ4v) is 4.81. The Kier molecular flexibility index (Phi) is 26.4. The third-order valence-electron chi connectivity index (χ3n) is 6.82. The number of phosphoric ester groups is 1. The first kappa shape index (κ1) is 39.5. The maximum atomic E-state index is 12.3. The van der Waals surface area contributed by atoms with E-state index in [0.717, 1.165) is 57.8 Å². The van der Waals surface area contributed by atoms with Gasteiger partial charge in [-0.1, -0.05) is 110 Å². The zero-order valence-electron chi connectivity index (χ0n) is 25.7. The molecule has 0 fully saturated rings. The monoisotopic (exact) mass is 607 g/mol. The molecule has 0 spiro atoms. The highest BCUT2D eigenvalue weighted by Crippen LogP contribution is 2.35. The quantitative estimate of drug-likeness (QED) is 0.0469. The van der Waals surface area contributed by atoms with Crippen LogP contribution in [0.1, 0.15) is 149 Å². The van der Waals surface area contributed by atoms with E-state index < -0.39 is 32.5 Å². The standard InChI is InChI=1S/C30H58NO9P/c1-3-4-5-6-7-8-9-10-11-13-17-20-23-30(34)40-28(26-39-41(35,36)37)25-38-29(33)22-19-16-14-12-15-18-21-24-31-27(2)32/h28H,3-26H2,1-2H3,(H,31,32)(H2,35,36,37)/t28-/m0/s1. The second-order valence-electron chi connectivity index (χ2n) is 10.9. The van der Waals surface area contributed by atoms with E-state index in [0.29, 0.717) is 19.4 Å². The maximum Gasteiger partial charge on any atom is 0.469 e. The maximum absolute atomic E-state index is 12.3. The predicted molar refractivity (Wildman–Crippen MR) is 160 cm³/mol. The van der Waals surface area contributed by atoms with Crippen molar-refractivity contribution in [2.75, 3.05) is 19.8 Å². The summed E-state index contributed by atoms with van der Waals surface area (Å²) in [5.74, 6) is -0.950. The summed E-state index contributed by atoms with van der Waals surface area (Å²) in [4.78, 5) is 53.2. The lowest BCUT2D eigenvalue weighted by Gasteiger charge is -2.18. The smallest absolute Gasteiger partial charge is 0.462 e. The summed E-state index contributed by atoms with van der Waals surface area (Å²) in [5.41, 5.74) is 0. The van der Waals surface area contributed by atoms with Gasteiger partial charge in [-0.3, -0.25) is 18.9 Å². The summed E-state index contributed by atoms with van der Waals surface area (Å²) >= 11 is 0. The first-order chi connectivity index (χ1) is 19.6. The highest BCUT2D eigenvalue weighted by atomic mass is 31.2. The van der Waals surface area contributed by atoms with Gasteiger partial charge in [0.05, 0.1) is 6.61 Å². The van der Waals surface area contributed by atoms with Gasteiger partial charge in [0.15, 0.2) is 6.10 Å². The number of hydrogen-bond acceptors (Lipinski definition) is 7. The molecule has 10 nitrogen and oxygen atoms in total. The van der Waals surface area contributed by atoms with Crippen molar-refractivity contribution in [2.24, 2.45) is 0 Å². The van der Waals surface area contributed by atoms with E-state index in [1.807, 2.05) is 0 Å². The molecule has 1 atom stereocenters. The molecule has 0 aromatic carbocycles. The summed E-state index contributed by atoms with van der Waals surface area (Å²) in [7, 11) is -4.75. The third-order valence-corrected chi connectivity index (χ3v) is 7.31. The van der Waals surface area contributed by atoms with Crippen molar-refractivity contribution in [3.8, 4) is 0 Å². The van der Waals surface area contributed by atoms with Crippen LogP contribution in [0.4, 0.5) is 0 Å². The van der Waals surface area contributed by atoms with E-state index in [9.17, 15) is 18.9 Å². The van der Waals surface area contributed by atoms with Crippen molar-refractivity contribution in [3.05, 3.63) is 0 Å². The molecule has 0 aromatic rings. The molecule has 0 rings (SSSR count). The van der Waals surface area contributed by atoms with Gasteiger partial charge in [-0.15, -0.1) is 0 Å². The van der Waals surface area contributed by atoms with E-state index in [1.54, 1.807) is 0 Å². The van der Waals surface area contributed by atoms with Crippen LogP contribution in [0.15, 0.2) is 0 Å². The lowest BCUT2D eigenvalue weighted by molar-refractivity contribution is -0.161. The van der Waals surface area contributed by atoms with E-state index >= 15 is 0 Å². The molecule has 41 heavy (non-hydrogen) atoms. The lowest BCUT2D eigenvalue weighted by Crippen LogP contribution is -2.29. The van der Waals surface area contributed by atoms with Gasteiger partial charge in [0.1, 0.15) is 6.61 Å². The minimum atomic E-state index is -4.75. The zero-order valence-corrected chi connectivity index (χ0v) is 26.6. The molecular weight excluding hydrogens is 549 g/mol. The lowest BCUT2D eigenvalue weighted by atomic mass is 10.0. The summed E-state index contributed by atoms with van der Waals surface area (Å²) in [6.07, 6.45) is 20.2. The Morgan fingerprint density at radius 2 is 1.10 bits per heavy atom. The SMILES string of the molecule is CCCCCCCCCCCCCCC(=O)O[C@@H](COC(=O)CCCCCCCCCNC(C)=O)COP(=O)(O)O. The summed E-state index contributed by atoms with van der Waals surface area (Å²) in [6.45, 7) is 3.58. The van der Waals surface area contributed by atoms with Gasteiger partial charge in [-0.25, -0.2) is 4.57 Å². The number of ether oxygens (including phenoxy) is 2. The zero-order chi connectivity index (χ0) is 30.6. The van der Waals surface area contributed by atoms with Crippen LogP contribution in [0.5, 0.6) is 0 Å². The van der Waals surface area contributed by atoms with Crippen LogP contribution in [-0.4, -0.2) is 53.5 Å². The second kappa shape index (κ2) is 27.4. The van der Waals surface area contributed by atoms with Crippen molar-refractivity contribution in [2.45, 2.75) is 155 Å². The average Bonchev–Trinajstić information content (AvgIpc) is 2.91. The van der Waals surface area contributed by atoms with Gasteiger partial charge in [-0.05, 0) is 19.3 Å². The van der Waals surface area contributed by atoms with E-state index in [1.165, 1.54) is 58.3 Å². The van der Waals surface area contributed by atoms with Crippen molar-refractivity contribution < 1.29 is 42.7 Å². The van der Waals surface area contributed by atoms with Crippen molar-refractivity contribution in [1.82, 2.24) is 5.32 Å². The number of unbranched alkanes of at least 4 members (excludes halogenated alkanes) is 17. The highest BCUT2D eigenvalue weighted by Gasteiger charge is 2.22. The number of carbonyl (C=O) groups excluding carboxylic acids is 3. The van der Waals surface area contributed by atoms with E-state index in [4.69, 9.17) is 19.3 Å². The number of phosphoric acid groups is 1. The molecule has 0 unspecified atom stereocenters. The second-order valence-corrected chi connectivity index (χ2v) is 12.2. The van der Waals surface area contributed by atoms with Crippen LogP contribution in [-0.2, 0) is 32.9 Å². The molecule has 0 saturated carbocycles. The van der Waals surface area contributed by atoms with E-state index in [2.05, 4.69) is 16.8 Å². The summed E-state index contributed by atoms with van der Waals surface area (Å²) in [6, 6.07) is 0. The third kappa shape index (κ3) is 31.3. The summed E-state index contributed by atoms with van der Waals surface area (Å²) < 4.78 is 26.1. The van der Waals surface area contributed by atoms with Gasteiger partial charge >= 0.3 is 19.8 Å². The Morgan fingerprint density at radius 1 is 0.659 bits per heavy atom. The molecule has 0 bridgehead atoms. The van der Waals surface area contributed by atoms with Gasteiger partial charge in [0.2, 0.25) is 5.91 Å². The Bertz CT molecular complexity index is 714. The molecule has 1 amide bonds. The van der Waals surface area contributed by atoms with Crippen molar-refractivity contribution >= 4 is 25.7 Å². The predicted octanol–water partition coefficient (Wildman–Crippen LogP) is 6.90. The van der Waals surface area contributed by atoms with Crippen LogP contribution >= 0.6 is 7.82 Å². The number of esters is 2. The van der Waals surface area contributed by atoms with Crippen molar-refractivity contribution in [1.29, 1.82) is 0 Å². The molecular formula is C30H58NO9P. The Morgan fingerprint density at radius 3 is 1.56 bits per heavy atom. The number of hydrogen-bond donors (Lipinski definition) is 3. The summed E-state index contributed by atoms with van der Waals surface area (Å²) in [5, 5.41) is 2.78. The molecule has 242 valence electrons. The van der Waals surface area contributed by atoms with Gasteiger partial charge in [0, 0.05) is 26.3 Å². The molecule has 3 N–H and O–H groups in total. The fraction of sp³-hybridized carbons (Fsp3) is 0.900. The first-order valence-electron chi connectivity index (χ1n) is 15.9. The Hall–Kier alpha value is -1.48. The van der Waals surface area contributed by atoms with Gasteiger partial charge < -0.3 is 24.6 Å². The van der Waals surface area contributed by atoms with Crippen molar-refractivity contribution in [3.63, 3.8) is 0 Å². The largest absolute Gasteiger partial charge is 0.469 e. The molecule has 0 aliphatic heterocycles. The van der Waals surface area contributed by atoms with Crippen LogP contribution in [0.25, 0.3) is 0 Å². The number of carbonyl (C=O) groups is 3. The number of rotatable bonds is 29. The molecule has 0 heterocycles. The normalized spacial score (nSPS) is 12.2. The molecule has 0 aliphatic carbocycles. The Balaban J connectivity index is 4.01. The molecule has 0 saturated heterocycles. The highest BCUT2D eigenvalue weighted by molar-refractivity contribution is 7.46. The van der Waals surface area contributed by atoms with Crippen LogP contribution < -0.4 is 5.32 Å². The Labute approximate surface area is 248 Å². The molecule has 11 heteroatoms. The number of amides is 1. The van der Waals surface area contributed by atoms with Crippen LogP contribution in [0.2, 0.25) is 0 Å². The fourth-order valence-electron chi connectivity index (χ4n) is 4.45. The number of nitrogens with one attached hydrogen (secondary N) is 1. The topological polar surface area (TPSA) is 148 Å². The average molecular weight is 608 g/mol. The van der Waals surface area contributed by atoms with Crippen LogP contribution in [0.3, 0.4) is 0 Å².